The molecule has 0 aliphatic carbocycles. The van der Waals surface area contributed by atoms with Crippen LogP contribution in [0.1, 0.15) is 24.8 Å². The number of rotatable bonds is 2. The molecule has 3 aromatic rings. The van der Waals surface area contributed by atoms with Crippen LogP contribution in [-0.4, -0.2) is 30.4 Å². The number of halogens is 1. The molecule has 0 radical (unpaired) electrons. The van der Waals surface area contributed by atoms with Crippen molar-refractivity contribution in [3.8, 4) is 0 Å². The van der Waals surface area contributed by atoms with E-state index in [-0.39, 0.29) is 12.5 Å². The Morgan fingerprint density at radius 2 is 1.37 bits per heavy atom. The Hall–Kier alpha value is -3.64. The van der Waals surface area contributed by atoms with Crippen LogP contribution in [0.5, 0.6) is 0 Å². The zero-order valence-electron chi connectivity index (χ0n) is 19.1. The summed E-state index contributed by atoms with van der Waals surface area (Å²) in [4.78, 5) is 47.2. The number of barbiturate groups is 1. The van der Waals surface area contributed by atoms with Crippen molar-refractivity contribution >= 4 is 46.5 Å². The molecule has 4 amide bonds. The maximum absolute atomic E-state index is 14.4. The van der Waals surface area contributed by atoms with Gasteiger partial charge in [0.2, 0.25) is 0 Å². The van der Waals surface area contributed by atoms with Crippen molar-refractivity contribution in [3.05, 3.63) is 89.4 Å². The van der Waals surface area contributed by atoms with E-state index in [1.807, 2.05) is 24.3 Å². The maximum atomic E-state index is 14.4. The van der Waals surface area contributed by atoms with Gasteiger partial charge in [0, 0.05) is 17.3 Å². The lowest BCUT2D eigenvalue weighted by molar-refractivity contribution is -0.143. The van der Waals surface area contributed by atoms with Crippen molar-refractivity contribution in [1.29, 1.82) is 0 Å². The molecule has 3 aliphatic rings. The van der Waals surface area contributed by atoms with Crippen molar-refractivity contribution in [2.75, 3.05) is 21.2 Å². The summed E-state index contributed by atoms with van der Waals surface area (Å²) in [7, 11) is 0. The summed E-state index contributed by atoms with van der Waals surface area (Å²) in [6, 6.07) is 22.4. The monoisotopic (exact) mass is 485 g/mol. The SMILES string of the molecule is O=C1N(c2ccccc2)C(=O)C2(Cc3ccc(Cl)cc3N3CCCC[C@@H]32)C(=O)N1c1ccccc1. The van der Waals surface area contributed by atoms with Gasteiger partial charge < -0.3 is 4.90 Å². The van der Waals surface area contributed by atoms with Crippen LogP contribution in [0.3, 0.4) is 0 Å². The molecule has 3 aromatic carbocycles. The van der Waals surface area contributed by atoms with Crippen LogP contribution >= 0.6 is 11.6 Å². The van der Waals surface area contributed by atoms with E-state index >= 15 is 0 Å². The first-order valence-corrected chi connectivity index (χ1v) is 12.3. The van der Waals surface area contributed by atoms with Crippen LogP contribution in [0.2, 0.25) is 5.02 Å². The third-order valence-corrected chi connectivity index (χ3v) is 7.71. The molecule has 0 aromatic heterocycles. The van der Waals surface area contributed by atoms with E-state index in [2.05, 4.69) is 4.90 Å². The van der Waals surface area contributed by atoms with Crippen LogP contribution < -0.4 is 14.7 Å². The highest BCUT2D eigenvalue weighted by Gasteiger charge is 2.65. The van der Waals surface area contributed by atoms with E-state index in [4.69, 9.17) is 11.6 Å². The summed E-state index contributed by atoms with van der Waals surface area (Å²) < 4.78 is 0. The second-order valence-corrected chi connectivity index (χ2v) is 9.80. The topological polar surface area (TPSA) is 60.9 Å². The van der Waals surface area contributed by atoms with Gasteiger partial charge in [-0.05, 0) is 67.6 Å². The van der Waals surface area contributed by atoms with Gasteiger partial charge in [0.1, 0.15) is 0 Å². The molecule has 3 heterocycles. The first-order chi connectivity index (χ1) is 17.0. The van der Waals surface area contributed by atoms with Gasteiger partial charge in [-0.3, -0.25) is 9.59 Å². The molecule has 0 unspecified atom stereocenters. The normalized spacial score (nSPS) is 21.2. The van der Waals surface area contributed by atoms with Gasteiger partial charge >= 0.3 is 6.03 Å². The van der Waals surface area contributed by atoms with Gasteiger partial charge in [-0.2, -0.15) is 0 Å². The number of para-hydroxylation sites is 2. The Morgan fingerprint density at radius 3 is 1.97 bits per heavy atom. The van der Waals surface area contributed by atoms with E-state index < -0.39 is 23.3 Å². The number of carbonyl (C=O) groups excluding carboxylic acids is 3. The average Bonchev–Trinajstić information content (AvgIpc) is 2.89. The number of imide groups is 2. The summed E-state index contributed by atoms with van der Waals surface area (Å²) in [6.45, 7) is 0.727. The van der Waals surface area contributed by atoms with Gasteiger partial charge in [-0.1, -0.05) is 54.1 Å². The molecule has 1 atom stereocenters. The molecule has 0 bridgehead atoms. The molecular formula is C28H24ClN3O3. The number of hydrogen-bond acceptors (Lipinski definition) is 4. The molecule has 6 nitrogen and oxygen atoms in total. The minimum Gasteiger partial charge on any atom is -0.367 e. The predicted molar refractivity (Wildman–Crippen MR) is 136 cm³/mol. The quantitative estimate of drug-likeness (QED) is 0.453. The number of anilines is 3. The second-order valence-electron chi connectivity index (χ2n) is 9.36. The summed E-state index contributed by atoms with van der Waals surface area (Å²) in [5, 5.41) is 0.623. The molecule has 1 spiro atoms. The molecule has 0 saturated carbocycles. The Labute approximate surface area is 208 Å². The Morgan fingerprint density at radius 1 is 0.771 bits per heavy atom. The lowest BCUT2D eigenvalue weighted by Gasteiger charge is -2.55. The number of benzene rings is 3. The zero-order chi connectivity index (χ0) is 24.2. The second kappa shape index (κ2) is 8.24. The highest BCUT2D eigenvalue weighted by Crippen LogP contribution is 2.50. The Balaban J connectivity index is 1.59. The molecule has 3 aliphatic heterocycles. The van der Waals surface area contributed by atoms with Crippen molar-refractivity contribution in [2.24, 2.45) is 5.41 Å². The number of piperidine rings is 1. The molecule has 2 fully saturated rings. The van der Waals surface area contributed by atoms with E-state index in [0.717, 1.165) is 30.6 Å². The molecule has 35 heavy (non-hydrogen) atoms. The largest absolute Gasteiger partial charge is 0.367 e. The van der Waals surface area contributed by atoms with Crippen LogP contribution in [0.15, 0.2) is 78.9 Å². The van der Waals surface area contributed by atoms with Crippen LogP contribution in [0, 0.1) is 5.41 Å². The van der Waals surface area contributed by atoms with E-state index in [0.29, 0.717) is 22.8 Å². The maximum Gasteiger partial charge on any atom is 0.342 e. The van der Waals surface area contributed by atoms with Crippen molar-refractivity contribution in [1.82, 2.24) is 0 Å². The summed E-state index contributed by atoms with van der Waals surface area (Å²) >= 11 is 6.35. The van der Waals surface area contributed by atoms with E-state index in [1.165, 1.54) is 9.80 Å². The number of nitrogens with zero attached hydrogens (tertiary/aromatic N) is 3. The molecule has 2 saturated heterocycles. The molecule has 7 heteroatoms. The van der Waals surface area contributed by atoms with Gasteiger partial charge in [-0.25, -0.2) is 14.6 Å². The summed E-state index contributed by atoms with van der Waals surface area (Å²) in [6.07, 6.45) is 2.77. The summed E-state index contributed by atoms with van der Waals surface area (Å²) in [5.74, 6) is -0.910. The van der Waals surface area contributed by atoms with E-state index in [1.54, 1.807) is 54.6 Å². The highest BCUT2D eigenvalue weighted by atomic mass is 35.5. The molecule has 6 rings (SSSR count). The van der Waals surface area contributed by atoms with Crippen LogP contribution in [0.25, 0.3) is 0 Å². The fraction of sp³-hybridized carbons (Fsp3) is 0.250. The minimum atomic E-state index is -1.43. The zero-order valence-corrected chi connectivity index (χ0v) is 19.8. The van der Waals surface area contributed by atoms with Gasteiger partial charge in [-0.15, -0.1) is 0 Å². The van der Waals surface area contributed by atoms with Crippen molar-refractivity contribution < 1.29 is 14.4 Å². The number of urea groups is 1. The van der Waals surface area contributed by atoms with E-state index in [9.17, 15) is 14.4 Å². The number of carbonyl (C=O) groups is 3. The lowest BCUT2D eigenvalue weighted by atomic mass is 9.65. The fourth-order valence-electron chi connectivity index (χ4n) is 5.91. The highest BCUT2D eigenvalue weighted by molar-refractivity contribution is 6.39. The predicted octanol–water partition coefficient (Wildman–Crippen LogP) is 5.44. The Kier molecular flexibility index (Phi) is 5.15. The Bertz CT molecular complexity index is 1270. The first-order valence-electron chi connectivity index (χ1n) is 11.9. The van der Waals surface area contributed by atoms with Crippen molar-refractivity contribution in [2.45, 2.75) is 31.7 Å². The molecular weight excluding hydrogens is 462 g/mol. The first kappa shape index (κ1) is 21.9. The molecule has 0 N–H and O–H groups in total. The van der Waals surface area contributed by atoms with Gasteiger partial charge in [0.25, 0.3) is 11.8 Å². The molecule has 176 valence electrons. The lowest BCUT2D eigenvalue weighted by Crippen LogP contribution is -2.73. The minimum absolute atomic E-state index is 0.221. The smallest absolute Gasteiger partial charge is 0.342 e. The van der Waals surface area contributed by atoms with Crippen molar-refractivity contribution in [3.63, 3.8) is 0 Å². The third-order valence-electron chi connectivity index (χ3n) is 7.48. The summed E-state index contributed by atoms with van der Waals surface area (Å²) in [5.41, 5.74) is 1.35. The van der Waals surface area contributed by atoms with Crippen LogP contribution in [0.4, 0.5) is 21.9 Å². The number of hydrogen-bond donors (Lipinski definition) is 0. The number of fused-ring (bicyclic) bond motifs is 4. The number of amides is 4. The fourth-order valence-corrected chi connectivity index (χ4v) is 6.08. The van der Waals surface area contributed by atoms with Gasteiger partial charge in [0.15, 0.2) is 5.41 Å². The van der Waals surface area contributed by atoms with Gasteiger partial charge in [0.05, 0.1) is 17.4 Å². The third kappa shape index (κ3) is 3.20. The van der Waals surface area contributed by atoms with Crippen LogP contribution in [-0.2, 0) is 16.0 Å². The standard InChI is InChI=1S/C28H24ClN3O3/c29-20-15-14-19-18-28(24-13-7-8-16-30(24)23(19)17-20)25(33)31(21-9-3-1-4-10-21)27(35)32(26(28)34)22-11-5-2-6-12-22/h1-6,9-12,14-15,17,24H,7-8,13,16,18H2/t24-/m1/s1. The average molecular weight is 486 g/mol.